The molecule has 166 valence electrons. The van der Waals surface area contributed by atoms with Crippen LogP contribution in [0.5, 0.6) is 0 Å². The van der Waals surface area contributed by atoms with Crippen LogP contribution in [0.3, 0.4) is 0 Å². The molecular weight excluding hydrogens is 445 g/mol. The molecule has 0 aliphatic carbocycles. The van der Waals surface area contributed by atoms with Crippen LogP contribution in [0.4, 0.5) is 4.39 Å². The number of aromatic nitrogens is 2. The van der Waals surface area contributed by atoms with Crippen molar-refractivity contribution < 1.29 is 22.3 Å². The van der Waals surface area contributed by atoms with E-state index in [0.717, 1.165) is 6.26 Å². The van der Waals surface area contributed by atoms with Gasteiger partial charge in [0.15, 0.2) is 9.84 Å². The number of carbonyl (C=O) groups excluding carboxylic acids is 1. The van der Waals surface area contributed by atoms with Crippen LogP contribution >= 0.6 is 12.4 Å². The van der Waals surface area contributed by atoms with E-state index < -0.39 is 21.6 Å². The van der Waals surface area contributed by atoms with E-state index in [9.17, 15) is 17.6 Å². The Morgan fingerprint density at radius 1 is 1.26 bits per heavy atom. The van der Waals surface area contributed by atoms with Crippen molar-refractivity contribution in [1.29, 1.82) is 0 Å². The molecule has 0 spiro atoms. The fourth-order valence-electron chi connectivity index (χ4n) is 3.22. The number of nitrogens with zero attached hydrogens (tertiary/aromatic N) is 2. The second kappa shape index (κ2) is 9.59. The van der Waals surface area contributed by atoms with Gasteiger partial charge in [0, 0.05) is 18.4 Å². The van der Waals surface area contributed by atoms with Crippen LogP contribution in [0, 0.1) is 6.92 Å². The number of halogens is 2. The van der Waals surface area contributed by atoms with Gasteiger partial charge >= 0.3 is 5.97 Å². The Balaban J connectivity index is 0.00000341. The normalized spacial score (nSPS) is 12.0. The van der Waals surface area contributed by atoms with Gasteiger partial charge in [0.2, 0.25) is 0 Å². The fraction of sp³-hybridized carbons (Fsp3) is 0.238. The number of ether oxygens (including phenoxy) is 1. The van der Waals surface area contributed by atoms with Gasteiger partial charge in [-0.05, 0) is 42.8 Å². The number of rotatable bonds is 6. The van der Waals surface area contributed by atoms with Gasteiger partial charge in [-0.25, -0.2) is 22.6 Å². The number of benzene rings is 2. The van der Waals surface area contributed by atoms with Crippen molar-refractivity contribution in [3.05, 3.63) is 59.7 Å². The Morgan fingerprint density at radius 2 is 1.90 bits per heavy atom. The first-order chi connectivity index (χ1) is 14.2. The number of fused-ring (bicyclic) bond motifs is 1. The second-order valence-corrected chi connectivity index (χ2v) is 8.83. The summed E-state index contributed by atoms with van der Waals surface area (Å²) in [7, 11) is -2.07. The molecule has 3 rings (SSSR count). The molecule has 0 fully saturated rings. The SMILES string of the molecule is COC(=O)c1cc(-c2ccc(S(C)(=O)=O)cc2)c2nc(C)n(C/C(F)=C/CN)c2c1.Cl. The number of hydrogen-bond donors (Lipinski definition) is 1. The maximum atomic E-state index is 14.2. The Morgan fingerprint density at radius 3 is 2.45 bits per heavy atom. The first-order valence-corrected chi connectivity index (χ1v) is 11.0. The second-order valence-electron chi connectivity index (χ2n) is 6.81. The number of esters is 1. The first-order valence-electron chi connectivity index (χ1n) is 9.10. The molecule has 0 radical (unpaired) electrons. The number of imidazole rings is 1. The van der Waals surface area contributed by atoms with Gasteiger partial charge in [0.25, 0.3) is 0 Å². The molecule has 0 unspecified atom stereocenters. The minimum Gasteiger partial charge on any atom is -0.465 e. The molecule has 0 bridgehead atoms. The number of allylic oxidation sites excluding steroid dienone is 1. The highest BCUT2D eigenvalue weighted by Crippen LogP contribution is 2.32. The summed E-state index contributed by atoms with van der Waals surface area (Å²) >= 11 is 0. The summed E-state index contributed by atoms with van der Waals surface area (Å²) in [6.07, 6.45) is 2.41. The molecule has 0 atom stereocenters. The highest BCUT2D eigenvalue weighted by Gasteiger charge is 2.18. The maximum absolute atomic E-state index is 14.2. The highest BCUT2D eigenvalue weighted by molar-refractivity contribution is 7.90. The zero-order chi connectivity index (χ0) is 22.1. The molecule has 2 aromatic carbocycles. The predicted octanol–water partition coefficient (Wildman–Crippen LogP) is 3.44. The van der Waals surface area contributed by atoms with Crippen molar-refractivity contribution in [2.24, 2.45) is 5.73 Å². The fourth-order valence-corrected chi connectivity index (χ4v) is 3.85. The van der Waals surface area contributed by atoms with Crippen LogP contribution < -0.4 is 5.73 Å². The molecule has 2 N–H and O–H groups in total. The maximum Gasteiger partial charge on any atom is 0.337 e. The zero-order valence-corrected chi connectivity index (χ0v) is 18.9. The average Bonchev–Trinajstić information content (AvgIpc) is 3.01. The van der Waals surface area contributed by atoms with Gasteiger partial charge in [0.1, 0.15) is 11.7 Å². The number of sulfone groups is 1. The quantitative estimate of drug-likeness (QED) is 0.557. The zero-order valence-electron chi connectivity index (χ0n) is 17.3. The number of carbonyl (C=O) groups is 1. The number of aryl methyl sites for hydroxylation is 1. The van der Waals surface area contributed by atoms with E-state index in [4.69, 9.17) is 10.5 Å². The van der Waals surface area contributed by atoms with Crippen LogP contribution in [0.25, 0.3) is 22.2 Å². The summed E-state index contributed by atoms with van der Waals surface area (Å²) in [4.78, 5) is 17.0. The van der Waals surface area contributed by atoms with Gasteiger partial charge in [0.05, 0.1) is 35.1 Å². The Bertz CT molecular complexity index is 1250. The summed E-state index contributed by atoms with van der Waals surface area (Å²) in [5.41, 5.74) is 8.06. The average molecular weight is 468 g/mol. The monoisotopic (exact) mass is 467 g/mol. The predicted molar refractivity (Wildman–Crippen MR) is 120 cm³/mol. The summed E-state index contributed by atoms with van der Waals surface area (Å²) in [5, 5.41) is 0. The Hall–Kier alpha value is -2.75. The molecule has 1 aromatic heterocycles. The topological polar surface area (TPSA) is 104 Å². The van der Waals surface area contributed by atoms with Crippen molar-refractivity contribution in [2.45, 2.75) is 18.4 Å². The number of hydrogen-bond acceptors (Lipinski definition) is 6. The Kier molecular flexibility index (Phi) is 7.58. The highest BCUT2D eigenvalue weighted by atomic mass is 35.5. The summed E-state index contributed by atoms with van der Waals surface area (Å²) in [6.45, 7) is 1.74. The molecule has 7 nitrogen and oxygen atoms in total. The van der Waals surface area contributed by atoms with Gasteiger partial charge < -0.3 is 15.0 Å². The third kappa shape index (κ3) is 5.12. The molecule has 0 saturated heterocycles. The van der Waals surface area contributed by atoms with Crippen LogP contribution in [-0.4, -0.2) is 43.8 Å². The largest absolute Gasteiger partial charge is 0.465 e. The van der Waals surface area contributed by atoms with Gasteiger partial charge in [-0.2, -0.15) is 0 Å². The van der Waals surface area contributed by atoms with E-state index in [2.05, 4.69) is 4.98 Å². The van der Waals surface area contributed by atoms with Crippen molar-refractivity contribution in [3.63, 3.8) is 0 Å². The van der Waals surface area contributed by atoms with Crippen LogP contribution in [-0.2, 0) is 21.1 Å². The van der Waals surface area contributed by atoms with Crippen LogP contribution in [0.1, 0.15) is 16.2 Å². The molecule has 0 aliphatic heterocycles. The molecule has 1 heterocycles. The van der Waals surface area contributed by atoms with Crippen molar-refractivity contribution in [3.8, 4) is 11.1 Å². The number of methoxy groups -OCH3 is 1. The first kappa shape index (κ1) is 24.5. The lowest BCUT2D eigenvalue weighted by Gasteiger charge is -2.10. The smallest absolute Gasteiger partial charge is 0.337 e. The molecule has 31 heavy (non-hydrogen) atoms. The summed E-state index contributed by atoms with van der Waals surface area (Å²) in [5.74, 6) is -0.404. The minimum atomic E-state index is -3.34. The molecular formula is C21H23ClFN3O4S. The van der Waals surface area contributed by atoms with E-state index in [0.29, 0.717) is 28.0 Å². The molecule has 10 heteroatoms. The number of nitrogens with two attached hydrogens (primary N) is 1. The van der Waals surface area contributed by atoms with Gasteiger partial charge in [-0.1, -0.05) is 12.1 Å². The molecule has 3 aromatic rings. The third-order valence-corrected chi connectivity index (χ3v) is 5.84. The van der Waals surface area contributed by atoms with E-state index in [1.165, 1.54) is 25.3 Å². The van der Waals surface area contributed by atoms with Crippen molar-refractivity contribution >= 4 is 39.2 Å². The van der Waals surface area contributed by atoms with Crippen molar-refractivity contribution in [2.75, 3.05) is 19.9 Å². The summed E-state index contributed by atoms with van der Waals surface area (Å²) in [6, 6.07) is 9.52. The van der Waals surface area contributed by atoms with Gasteiger partial charge in [-0.3, -0.25) is 0 Å². The van der Waals surface area contributed by atoms with E-state index in [1.54, 1.807) is 35.8 Å². The van der Waals surface area contributed by atoms with E-state index >= 15 is 0 Å². The molecule has 0 amide bonds. The third-order valence-electron chi connectivity index (χ3n) is 4.71. The lowest BCUT2D eigenvalue weighted by atomic mass is 10.0. The minimum absolute atomic E-state index is 0. The Labute approximate surface area is 186 Å². The lowest BCUT2D eigenvalue weighted by Crippen LogP contribution is -2.05. The van der Waals surface area contributed by atoms with Crippen LogP contribution in [0.2, 0.25) is 0 Å². The van der Waals surface area contributed by atoms with E-state index in [1.807, 2.05) is 0 Å². The van der Waals surface area contributed by atoms with E-state index in [-0.39, 0.29) is 36.0 Å². The standard InChI is InChI=1S/C21H22FN3O4S.ClH/c1-13-24-20-18(14-4-6-17(7-5-14)30(3,27)28)10-15(21(26)29-2)11-19(20)25(13)12-16(22)8-9-23;/h4-8,10-11H,9,12,23H2,1-3H3;1H/b16-8-;. The molecule has 0 saturated carbocycles. The molecule has 0 aliphatic rings. The van der Waals surface area contributed by atoms with Gasteiger partial charge in [-0.15, -0.1) is 12.4 Å². The van der Waals surface area contributed by atoms with Crippen LogP contribution in [0.15, 0.2) is 53.2 Å². The lowest BCUT2D eigenvalue weighted by molar-refractivity contribution is 0.0601. The van der Waals surface area contributed by atoms with Crippen molar-refractivity contribution in [1.82, 2.24) is 9.55 Å². The summed E-state index contributed by atoms with van der Waals surface area (Å²) < 4.78 is 44.2.